The van der Waals surface area contributed by atoms with E-state index < -0.39 is 0 Å². The van der Waals surface area contributed by atoms with Gasteiger partial charge >= 0.3 is 0 Å². The fourth-order valence-electron chi connectivity index (χ4n) is 1.74. The maximum Gasteiger partial charge on any atom is 0.201 e. The van der Waals surface area contributed by atoms with E-state index in [0.29, 0.717) is 12.5 Å². The summed E-state index contributed by atoms with van der Waals surface area (Å²) in [5.74, 6) is 0.503. The van der Waals surface area contributed by atoms with Crippen LogP contribution in [-0.4, -0.2) is 21.3 Å². The first-order valence-electron chi connectivity index (χ1n) is 5.35. The SMILES string of the molecule is CC(C)(CO)Cn1c(N)nc2ccccc21. The van der Waals surface area contributed by atoms with Crippen LogP contribution in [0.2, 0.25) is 0 Å². The highest BCUT2D eigenvalue weighted by atomic mass is 16.3. The second kappa shape index (κ2) is 3.79. The van der Waals surface area contributed by atoms with E-state index in [1.165, 1.54) is 0 Å². The van der Waals surface area contributed by atoms with E-state index in [1.807, 2.05) is 42.7 Å². The summed E-state index contributed by atoms with van der Waals surface area (Å²) in [7, 11) is 0. The van der Waals surface area contributed by atoms with Crippen molar-refractivity contribution in [2.45, 2.75) is 20.4 Å². The van der Waals surface area contributed by atoms with Gasteiger partial charge in [0.1, 0.15) is 0 Å². The molecule has 2 aromatic rings. The lowest BCUT2D eigenvalue weighted by molar-refractivity contribution is 0.143. The molecule has 16 heavy (non-hydrogen) atoms. The van der Waals surface area contributed by atoms with Crippen molar-refractivity contribution in [2.75, 3.05) is 12.3 Å². The topological polar surface area (TPSA) is 64.1 Å². The van der Waals surface area contributed by atoms with Crippen molar-refractivity contribution in [1.29, 1.82) is 0 Å². The smallest absolute Gasteiger partial charge is 0.201 e. The summed E-state index contributed by atoms with van der Waals surface area (Å²) < 4.78 is 1.95. The predicted octanol–water partition coefficient (Wildman–Crippen LogP) is 1.64. The third-order valence-corrected chi connectivity index (χ3v) is 2.70. The normalized spacial score (nSPS) is 12.2. The van der Waals surface area contributed by atoms with Crippen LogP contribution in [0.1, 0.15) is 13.8 Å². The van der Waals surface area contributed by atoms with Crippen LogP contribution in [0.3, 0.4) is 0 Å². The quantitative estimate of drug-likeness (QED) is 0.824. The molecule has 4 nitrogen and oxygen atoms in total. The van der Waals surface area contributed by atoms with Gasteiger partial charge in [0.25, 0.3) is 0 Å². The zero-order valence-corrected chi connectivity index (χ0v) is 9.64. The number of para-hydroxylation sites is 2. The molecule has 0 unspecified atom stereocenters. The van der Waals surface area contributed by atoms with Crippen LogP contribution in [-0.2, 0) is 6.54 Å². The number of aliphatic hydroxyl groups is 1. The minimum atomic E-state index is -0.197. The molecule has 1 aromatic carbocycles. The molecule has 4 heteroatoms. The zero-order valence-electron chi connectivity index (χ0n) is 9.64. The van der Waals surface area contributed by atoms with E-state index in [0.717, 1.165) is 11.0 Å². The van der Waals surface area contributed by atoms with Gasteiger partial charge in [0.15, 0.2) is 0 Å². The maximum atomic E-state index is 9.28. The molecule has 0 radical (unpaired) electrons. The van der Waals surface area contributed by atoms with E-state index >= 15 is 0 Å². The van der Waals surface area contributed by atoms with E-state index in [2.05, 4.69) is 4.98 Å². The Morgan fingerprint density at radius 1 is 1.38 bits per heavy atom. The number of aliphatic hydroxyl groups excluding tert-OH is 1. The summed E-state index contributed by atoms with van der Waals surface area (Å²) in [5.41, 5.74) is 7.60. The van der Waals surface area contributed by atoms with Gasteiger partial charge in [0.2, 0.25) is 5.95 Å². The number of hydrogen-bond donors (Lipinski definition) is 2. The Kier molecular flexibility index (Phi) is 2.59. The molecular weight excluding hydrogens is 202 g/mol. The highest BCUT2D eigenvalue weighted by molar-refractivity contribution is 5.78. The number of hydrogen-bond acceptors (Lipinski definition) is 3. The molecule has 2 rings (SSSR count). The molecule has 3 N–H and O–H groups in total. The molecule has 0 saturated heterocycles. The molecular formula is C12H17N3O. The number of fused-ring (bicyclic) bond motifs is 1. The lowest BCUT2D eigenvalue weighted by atomic mass is 9.95. The van der Waals surface area contributed by atoms with Crippen LogP contribution < -0.4 is 5.73 Å². The molecule has 0 fully saturated rings. The Morgan fingerprint density at radius 2 is 2.06 bits per heavy atom. The molecule has 0 aliphatic heterocycles. The van der Waals surface area contributed by atoms with Crippen molar-refractivity contribution in [1.82, 2.24) is 9.55 Å². The minimum Gasteiger partial charge on any atom is -0.396 e. The molecule has 0 bridgehead atoms. The number of benzene rings is 1. The summed E-state index contributed by atoms with van der Waals surface area (Å²) in [6.45, 7) is 4.79. The number of nitrogens with zero attached hydrogens (tertiary/aromatic N) is 2. The van der Waals surface area contributed by atoms with Crippen LogP contribution in [0.25, 0.3) is 11.0 Å². The number of anilines is 1. The zero-order chi connectivity index (χ0) is 11.8. The number of imidazole rings is 1. The molecule has 0 atom stereocenters. The first-order valence-corrected chi connectivity index (χ1v) is 5.35. The van der Waals surface area contributed by atoms with Crippen LogP contribution in [0.4, 0.5) is 5.95 Å². The van der Waals surface area contributed by atoms with E-state index in [1.54, 1.807) is 0 Å². The minimum absolute atomic E-state index is 0.124. The maximum absolute atomic E-state index is 9.28. The fraction of sp³-hybridized carbons (Fsp3) is 0.417. The molecule has 0 spiro atoms. The Bertz CT molecular complexity index is 502. The second-order valence-electron chi connectivity index (χ2n) is 4.87. The van der Waals surface area contributed by atoms with E-state index in [9.17, 15) is 5.11 Å². The number of nitrogens with two attached hydrogens (primary N) is 1. The molecule has 0 aliphatic rings. The molecule has 0 aliphatic carbocycles. The molecule has 0 amide bonds. The van der Waals surface area contributed by atoms with Gasteiger partial charge in [-0.25, -0.2) is 4.98 Å². The predicted molar refractivity (Wildman–Crippen MR) is 65.0 cm³/mol. The number of aromatic nitrogens is 2. The van der Waals surface area contributed by atoms with Gasteiger partial charge in [-0.15, -0.1) is 0 Å². The van der Waals surface area contributed by atoms with Crippen molar-refractivity contribution in [3.8, 4) is 0 Å². The summed E-state index contributed by atoms with van der Waals surface area (Å²) in [6.07, 6.45) is 0. The molecule has 86 valence electrons. The van der Waals surface area contributed by atoms with Gasteiger partial charge in [0, 0.05) is 18.6 Å². The lowest BCUT2D eigenvalue weighted by Crippen LogP contribution is -2.24. The Hall–Kier alpha value is -1.55. The monoisotopic (exact) mass is 219 g/mol. The average molecular weight is 219 g/mol. The van der Waals surface area contributed by atoms with Gasteiger partial charge in [-0.1, -0.05) is 26.0 Å². The fourth-order valence-corrected chi connectivity index (χ4v) is 1.74. The van der Waals surface area contributed by atoms with Crippen molar-refractivity contribution in [3.63, 3.8) is 0 Å². The highest BCUT2D eigenvalue weighted by Gasteiger charge is 2.20. The summed E-state index contributed by atoms with van der Waals surface area (Å²) >= 11 is 0. The standard InChI is InChI=1S/C12H17N3O/c1-12(2,8-16)7-15-10-6-4-3-5-9(10)14-11(15)13/h3-6,16H,7-8H2,1-2H3,(H2,13,14). The third kappa shape index (κ3) is 1.88. The first-order chi connectivity index (χ1) is 7.53. The number of nitrogen functional groups attached to an aromatic ring is 1. The molecule has 1 aromatic heterocycles. The summed E-state index contributed by atoms with van der Waals surface area (Å²) in [5, 5.41) is 9.28. The van der Waals surface area contributed by atoms with Gasteiger partial charge in [-0.3, -0.25) is 0 Å². The summed E-state index contributed by atoms with van der Waals surface area (Å²) in [6, 6.07) is 7.84. The van der Waals surface area contributed by atoms with Gasteiger partial charge in [-0.05, 0) is 12.1 Å². The largest absolute Gasteiger partial charge is 0.396 e. The van der Waals surface area contributed by atoms with Crippen molar-refractivity contribution in [3.05, 3.63) is 24.3 Å². The Balaban J connectivity index is 2.47. The molecule has 0 saturated carbocycles. The van der Waals surface area contributed by atoms with E-state index in [-0.39, 0.29) is 12.0 Å². The van der Waals surface area contributed by atoms with Crippen LogP contribution in [0.15, 0.2) is 24.3 Å². The van der Waals surface area contributed by atoms with Crippen molar-refractivity contribution < 1.29 is 5.11 Å². The summed E-state index contributed by atoms with van der Waals surface area (Å²) in [4.78, 5) is 4.29. The van der Waals surface area contributed by atoms with Crippen LogP contribution in [0, 0.1) is 5.41 Å². The first kappa shape index (κ1) is 11.0. The van der Waals surface area contributed by atoms with Crippen LogP contribution in [0.5, 0.6) is 0 Å². The highest BCUT2D eigenvalue weighted by Crippen LogP contribution is 2.24. The Morgan fingerprint density at radius 3 is 2.75 bits per heavy atom. The van der Waals surface area contributed by atoms with E-state index in [4.69, 9.17) is 5.73 Å². The van der Waals surface area contributed by atoms with Crippen molar-refractivity contribution >= 4 is 17.0 Å². The Labute approximate surface area is 94.7 Å². The van der Waals surface area contributed by atoms with Crippen molar-refractivity contribution in [2.24, 2.45) is 5.41 Å². The van der Waals surface area contributed by atoms with Gasteiger partial charge in [-0.2, -0.15) is 0 Å². The van der Waals surface area contributed by atoms with Gasteiger partial charge < -0.3 is 15.4 Å². The number of rotatable bonds is 3. The second-order valence-corrected chi connectivity index (χ2v) is 4.87. The van der Waals surface area contributed by atoms with Gasteiger partial charge in [0.05, 0.1) is 11.0 Å². The molecule has 1 heterocycles. The van der Waals surface area contributed by atoms with Crippen LogP contribution >= 0.6 is 0 Å². The third-order valence-electron chi connectivity index (χ3n) is 2.70. The average Bonchev–Trinajstić information content (AvgIpc) is 2.56. The lowest BCUT2D eigenvalue weighted by Gasteiger charge is -2.23.